The molecule has 0 aromatic heterocycles. The second-order valence-corrected chi connectivity index (χ2v) is 8.46. The maximum Gasteiger partial charge on any atom is 0.0195 e. The molecule has 1 saturated heterocycles. The molecular formula is C17H34N2. The van der Waals surface area contributed by atoms with Crippen LogP contribution in [0.2, 0.25) is 0 Å². The lowest BCUT2D eigenvalue weighted by molar-refractivity contribution is 0.0107. The predicted octanol–water partition coefficient (Wildman–Crippen LogP) is 3.67. The van der Waals surface area contributed by atoms with Crippen molar-refractivity contribution in [2.75, 3.05) is 19.6 Å². The van der Waals surface area contributed by atoms with Crippen molar-refractivity contribution >= 4 is 0 Å². The van der Waals surface area contributed by atoms with Crippen LogP contribution in [-0.2, 0) is 0 Å². The average Bonchev–Trinajstić information content (AvgIpc) is 2.25. The Balaban J connectivity index is 2.00. The maximum absolute atomic E-state index is 3.65. The monoisotopic (exact) mass is 266 g/mol. The molecule has 0 radical (unpaired) electrons. The molecule has 1 atom stereocenters. The number of piperidine rings is 1. The number of nitrogens with one attached hydrogen (secondary N) is 1. The molecule has 1 aliphatic carbocycles. The van der Waals surface area contributed by atoms with Crippen molar-refractivity contribution in [2.45, 2.75) is 78.8 Å². The smallest absolute Gasteiger partial charge is 0.0195 e. The van der Waals surface area contributed by atoms with Crippen molar-refractivity contribution in [3.8, 4) is 0 Å². The van der Waals surface area contributed by atoms with Gasteiger partial charge in [-0.25, -0.2) is 0 Å². The fourth-order valence-electron chi connectivity index (χ4n) is 4.84. The Morgan fingerprint density at radius 2 is 1.74 bits per heavy atom. The van der Waals surface area contributed by atoms with E-state index in [1.807, 2.05) is 0 Å². The molecule has 2 aliphatic rings. The van der Waals surface area contributed by atoms with E-state index in [9.17, 15) is 0 Å². The van der Waals surface area contributed by atoms with Gasteiger partial charge in [0.25, 0.3) is 0 Å². The largest absolute Gasteiger partial charge is 0.313 e. The molecule has 0 bridgehead atoms. The molecule has 1 N–H and O–H groups in total. The topological polar surface area (TPSA) is 15.3 Å². The summed E-state index contributed by atoms with van der Waals surface area (Å²) in [6, 6.07) is 1.53. The van der Waals surface area contributed by atoms with Crippen molar-refractivity contribution in [1.82, 2.24) is 10.2 Å². The third kappa shape index (κ3) is 4.19. The summed E-state index contributed by atoms with van der Waals surface area (Å²) in [5.74, 6) is 0. The summed E-state index contributed by atoms with van der Waals surface area (Å²) in [7, 11) is 0. The Morgan fingerprint density at radius 1 is 1.11 bits per heavy atom. The molecule has 2 rings (SSSR count). The second-order valence-electron chi connectivity index (χ2n) is 8.46. The highest BCUT2D eigenvalue weighted by atomic mass is 15.2. The number of likely N-dealkylation sites (tertiary alicyclic amines) is 1. The van der Waals surface area contributed by atoms with Crippen LogP contribution in [0.5, 0.6) is 0 Å². The summed E-state index contributed by atoms with van der Waals surface area (Å²) in [4.78, 5) is 2.79. The van der Waals surface area contributed by atoms with Crippen LogP contribution < -0.4 is 5.32 Å². The normalized spacial score (nSPS) is 32.4. The third-order valence-corrected chi connectivity index (χ3v) is 5.00. The van der Waals surface area contributed by atoms with Gasteiger partial charge in [0.15, 0.2) is 0 Å². The van der Waals surface area contributed by atoms with Crippen molar-refractivity contribution in [3.05, 3.63) is 0 Å². The van der Waals surface area contributed by atoms with E-state index in [-0.39, 0.29) is 0 Å². The van der Waals surface area contributed by atoms with Gasteiger partial charge in [0.05, 0.1) is 0 Å². The maximum atomic E-state index is 3.65. The molecule has 112 valence electrons. The van der Waals surface area contributed by atoms with E-state index in [1.165, 1.54) is 45.2 Å². The molecule has 19 heavy (non-hydrogen) atoms. The summed E-state index contributed by atoms with van der Waals surface area (Å²) >= 11 is 0. The number of likely N-dealkylation sites (N-methyl/N-ethyl adjacent to an activating group) is 1. The SMILES string of the molecule is CCNC1CCCN(C2CC(C)(C)CC(C)(C)C2)C1. The lowest BCUT2D eigenvalue weighted by atomic mass is 9.63. The van der Waals surface area contributed by atoms with Crippen molar-refractivity contribution < 1.29 is 0 Å². The first kappa shape index (κ1) is 15.3. The van der Waals surface area contributed by atoms with Crippen molar-refractivity contribution in [1.29, 1.82) is 0 Å². The molecule has 2 nitrogen and oxygen atoms in total. The lowest BCUT2D eigenvalue weighted by Crippen LogP contribution is -2.53. The summed E-state index contributed by atoms with van der Waals surface area (Å²) in [6.45, 7) is 15.8. The lowest BCUT2D eigenvalue weighted by Gasteiger charge is -2.50. The van der Waals surface area contributed by atoms with Crippen LogP contribution in [0, 0.1) is 10.8 Å². The minimum absolute atomic E-state index is 0.511. The van der Waals surface area contributed by atoms with Crippen molar-refractivity contribution in [3.63, 3.8) is 0 Å². The minimum Gasteiger partial charge on any atom is -0.313 e. The highest BCUT2D eigenvalue weighted by Gasteiger charge is 2.41. The fourth-order valence-corrected chi connectivity index (χ4v) is 4.84. The number of hydrogen-bond donors (Lipinski definition) is 1. The molecule has 0 amide bonds. The fraction of sp³-hybridized carbons (Fsp3) is 1.00. The Labute approximate surface area is 120 Å². The third-order valence-electron chi connectivity index (χ3n) is 5.00. The summed E-state index contributed by atoms with van der Waals surface area (Å²) in [5, 5.41) is 3.65. The Morgan fingerprint density at radius 3 is 2.32 bits per heavy atom. The van der Waals surface area contributed by atoms with E-state index in [4.69, 9.17) is 0 Å². The molecule has 0 aromatic carbocycles. The molecule has 1 unspecified atom stereocenters. The quantitative estimate of drug-likeness (QED) is 0.838. The van der Waals surface area contributed by atoms with Crippen LogP contribution >= 0.6 is 0 Å². The van der Waals surface area contributed by atoms with Gasteiger partial charge in [0, 0.05) is 18.6 Å². The van der Waals surface area contributed by atoms with Crippen LogP contribution in [0.3, 0.4) is 0 Å². The second kappa shape index (κ2) is 5.73. The van der Waals surface area contributed by atoms with E-state index in [1.54, 1.807) is 0 Å². The molecular weight excluding hydrogens is 232 g/mol. The van der Waals surface area contributed by atoms with Gasteiger partial charge in [-0.2, -0.15) is 0 Å². The Kier molecular flexibility index (Phi) is 4.62. The molecule has 0 aromatic rings. The first-order chi connectivity index (χ1) is 8.81. The highest BCUT2D eigenvalue weighted by Crippen LogP contribution is 2.47. The Hall–Kier alpha value is -0.0800. The molecule has 1 heterocycles. The summed E-state index contributed by atoms with van der Waals surface area (Å²) in [5.41, 5.74) is 1.02. The molecule has 1 saturated carbocycles. The van der Waals surface area contributed by atoms with Gasteiger partial charge in [-0.1, -0.05) is 34.6 Å². The van der Waals surface area contributed by atoms with Crippen LogP contribution in [-0.4, -0.2) is 36.6 Å². The first-order valence-electron chi connectivity index (χ1n) is 8.29. The zero-order chi connectivity index (χ0) is 14.1. The van der Waals surface area contributed by atoms with E-state index in [0.29, 0.717) is 10.8 Å². The average molecular weight is 266 g/mol. The molecule has 2 fully saturated rings. The van der Waals surface area contributed by atoms with E-state index in [0.717, 1.165) is 18.6 Å². The van der Waals surface area contributed by atoms with Crippen LogP contribution in [0.1, 0.15) is 66.7 Å². The number of nitrogens with zero attached hydrogens (tertiary/aromatic N) is 1. The van der Waals surface area contributed by atoms with E-state index in [2.05, 4.69) is 44.8 Å². The van der Waals surface area contributed by atoms with Crippen LogP contribution in [0.4, 0.5) is 0 Å². The molecule has 0 spiro atoms. The number of rotatable bonds is 3. The molecule has 2 heteroatoms. The van der Waals surface area contributed by atoms with E-state index >= 15 is 0 Å². The van der Waals surface area contributed by atoms with Gasteiger partial charge in [0.1, 0.15) is 0 Å². The zero-order valence-electron chi connectivity index (χ0n) is 13.8. The van der Waals surface area contributed by atoms with Crippen LogP contribution in [0.15, 0.2) is 0 Å². The summed E-state index contributed by atoms with van der Waals surface area (Å²) in [6.07, 6.45) is 6.88. The van der Waals surface area contributed by atoms with Gasteiger partial charge >= 0.3 is 0 Å². The first-order valence-corrected chi connectivity index (χ1v) is 8.29. The van der Waals surface area contributed by atoms with Gasteiger partial charge in [0.2, 0.25) is 0 Å². The predicted molar refractivity (Wildman–Crippen MR) is 83.5 cm³/mol. The minimum atomic E-state index is 0.511. The van der Waals surface area contributed by atoms with Crippen LogP contribution in [0.25, 0.3) is 0 Å². The Bertz CT molecular complexity index is 278. The molecule has 1 aliphatic heterocycles. The van der Waals surface area contributed by atoms with Gasteiger partial charge in [-0.15, -0.1) is 0 Å². The standard InChI is InChI=1S/C17H34N2/c1-6-18-14-8-7-9-19(12-14)15-10-16(2,3)13-17(4,5)11-15/h14-15,18H,6-13H2,1-5H3. The number of hydrogen-bond acceptors (Lipinski definition) is 2. The van der Waals surface area contributed by atoms with Gasteiger partial charge < -0.3 is 5.32 Å². The van der Waals surface area contributed by atoms with Crippen molar-refractivity contribution in [2.24, 2.45) is 10.8 Å². The van der Waals surface area contributed by atoms with E-state index < -0.39 is 0 Å². The van der Waals surface area contributed by atoms with Gasteiger partial charge in [-0.05, 0) is 56.0 Å². The van der Waals surface area contributed by atoms with Gasteiger partial charge in [-0.3, -0.25) is 4.90 Å². The highest BCUT2D eigenvalue weighted by molar-refractivity contribution is 4.95. The zero-order valence-corrected chi connectivity index (χ0v) is 13.8. The summed E-state index contributed by atoms with van der Waals surface area (Å²) < 4.78 is 0.